The maximum atomic E-state index is 12.0. The molecule has 0 aliphatic heterocycles. The standard InChI is InChI=1S/C24H34O3P/c1-5-21(6-2)23-13-9-19(10-14-23)17-26-28(25)27-18-20-11-15-24(16-12-20)22(7-3)8-4/h9-16,21-22H,5-8,17-18H2,1-4H3/q+1. The highest BCUT2D eigenvalue weighted by atomic mass is 31.1. The number of rotatable bonds is 12. The Morgan fingerprint density at radius 3 is 1.25 bits per heavy atom. The summed E-state index contributed by atoms with van der Waals surface area (Å²) in [4.78, 5) is 0. The third-order valence-electron chi connectivity index (χ3n) is 5.55. The average molecular weight is 402 g/mol. The number of hydrogen-bond acceptors (Lipinski definition) is 3. The summed E-state index contributed by atoms with van der Waals surface area (Å²) in [5, 5.41) is 0. The smallest absolute Gasteiger partial charge is 0.114 e. The van der Waals surface area contributed by atoms with Gasteiger partial charge in [0.2, 0.25) is 0 Å². The van der Waals surface area contributed by atoms with E-state index in [1.165, 1.54) is 11.1 Å². The molecule has 152 valence electrons. The first-order valence-electron chi connectivity index (χ1n) is 10.5. The molecule has 0 saturated heterocycles. The quantitative estimate of drug-likeness (QED) is 0.339. The molecular formula is C24H34O3P+. The predicted octanol–water partition coefficient (Wildman–Crippen LogP) is 7.88. The lowest BCUT2D eigenvalue weighted by molar-refractivity contribution is 0.213. The zero-order chi connectivity index (χ0) is 20.4. The number of hydrogen-bond donors (Lipinski definition) is 0. The fourth-order valence-corrected chi connectivity index (χ4v) is 4.17. The van der Waals surface area contributed by atoms with Gasteiger partial charge in [0.25, 0.3) is 0 Å². The van der Waals surface area contributed by atoms with E-state index in [1.807, 2.05) is 24.3 Å². The van der Waals surface area contributed by atoms with Crippen molar-refractivity contribution in [2.24, 2.45) is 0 Å². The second-order valence-corrected chi connectivity index (χ2v) is 8.24. The van der Waals surface area contributed by atoms with Crippen LogP contribution in [0.1, 0.15) is 87.5 Å². The molecular weight excluding hydrogens is 367 g/mol. The van der Waals surface area contributed by atoms with E-state index in [-0.39, 0.29) is 0 Å². The summed E-state index contributed by atoms with van der Waals surface area (Å²) in [6, 6.07) is 16.8. The van der Waals surface area contributed by atoms with Crippen molar-refractivity contribution < 1.29 is 13.6 Å². The highest BCUT2D eigenvalue weighted by Crippen LogP contribution is 2.29. The zero-order valence-corrected chi connectivity index (χ0v) is 18.6. The average Bonchev–Trinajstić information content (AvgIpc) is 2.74. The summed E-state index contributed by atoms with van der Waals surface area (Å²) in [7, 11) is -2.13. The molecule has 0 saturated carbocycles. The van der Waals surface area contributed by atoms with Crippen molar-refractivity contribution >= 4 is 8.25 Å². The summed E-state index contributed by atoms with van der Waals surface area (Å²) in [6.07, 6.45) is 4.57. The van der Waals surface area contributed by atoms with E-state index >= 15 is 0 Å². The molecule has 2 aromatic rings. The molecule has 4 heteroatoms. The Morgan fingerprint density at radius 2 is 0.964 bits per heavy atom. The van der Waals surface area contributed by atoms with Gasteiger partial charge in [-0.05, 0) is 59.8 Å². The van der Waals surface area contributed by atoms with E-state index in [1.54, 1.807) is 0 Å². The SMILES string of the molecule is CCC(CC)c1ccc(CO[P+](=O)OCc2ccc(C(CC)CC)cc2)cc1. The van der Waals surface area contributed by atoms with Crippen molar-refractivity contribution in [1.29, 1.82) is 0 Å². The molecule has 0 aliphatic rings. The van der Waals surface area contributed by atoms with Gasteiger partial charge in [-0.25, -0.2) is 0 Å². The van der Waals surface area contributed by atoms with Gasteiger partial charge in [-0.15, -0.1) is 9.05 Å². The molecule has 3 nitrogen and oxygen atoms in total. The molecule has 28 heavy (non-hydrogen) atoms. The zero-order valence-electron chi connectivity index (χ0n) is 17.7. The van der Waals surface area contributed by atoms with Crippen LogP contribution >= 0.6 is 8.25 Å². The van der Waals surface area contributed by atoms with Gasteiger partial charge >= 0.3 is 8.25 Å². The first-order chi connectivity index (χ1) is 13.6. The fraction of sp³-hybridized carbons (Fsp3) is 0.500. The molecule has 0 N–H and O–H groups in total. The van der Waals surface area contributed by atoms with E-state index in [9.17, 15) is 4.57 Å². The monoisotopic (exact) mass is 401 g/mol. The second-order valence-electron chi connectivity index (χ2n) is 7.28. The van der Waals surface area contributed by atoms with E-state index in [0.717, 1.165) is 36.8 Å². The topological polar surface area (TPSA) is 35.5 Å². The fourth-order valence-electron chi connectivity index (χ4n) is 3.58. The molecule has 0 aliphatic carbocycles. The largest absolute Gasteiger partial charge is 0.698 e. The van der Waals surface area contributed by atoms with E-state index in [0.29, 0.717) is 25.0 Å². The molecule has 0 bridgehead atoms. The first kappa shape index (κ1) is 22.7. The summed E-state index contributed by atoms with van der Waals surface area (Å²) in [6.45, 7) is 9.46. The molecule has 2 rings (SSSR count). The number of benzene rings is 2. The van der Waals surface area contributed by atoms with E-state index in [2.05, 4.69) is 52.0 Å². The lowest BCUT2D eigenvalue weighted by atomic mass is 9.93. The van der Waals surface area contributed by atoms with Crippen LogP contribution in [0.3, 0.4) is 0 Å². The Bertz CT molecular complexity index is 640. The first-order valence-corrected chi connectivity index (χ1v) is 11.6. The summed E-state index contributed by atoms with van der Waals surface area (Å²) < 4.78 is 22.8. The van der Waals surface area contributed by atoms with Crippen LogP contribution in [0.15, 0.2) is 48.5 Å². The Labute approximate surface area is 171 Å². The molecule has 2 aromatic carbocycles. The van der Waals surface area contributed by atoms with Gasteiger partial charge in [-0.2, -0.15) is 0 Å². The summed E-state index contributed by atoms with van der Waals surface area (Å²) in [5.41, 5.74) is 4.73. The highest BCUT2D eigenvalue weighted by molar-refractivity contribution is 7.33. The minimum absolute atomic E-state index is 0.298. The molecule has 0 spiro atoms. The van der Waals surface area contributed by atoms with Crippen molar-refractivity contribution in [2.75, 3.05) is 0 Å². The van der Waals surface area contributed by atoms with Gasteiger partial charge in [0.05, 0.1) is 0 Å². The van der Waals surface area contributed by atoms with Crippen LogP contribution < -0.4 is 0 Å². The van der Waals surface area contributed by atoms with Crippen molar-refractivity contribution in [1.82, 2.24) is 0 Å². The molecule has 0 unspecified atom stereocenters. The molecule has 0 atom stereocenters. The van der Waals surface area contributed by atoms with Gasteiger partial charge in [-0.3, -0.25) is 0 Å². The van der Waals surface area contributed by atoms with Gasteiger partial charge in [0.1, 0.15) is 13.2 Å². The lowest BCUT2D eigenvalue weighted by Gasteiger charge is -2.12. The van der Waals surface area contributed by atoms with E-state index < -0.39 is 8.25 Å². The third kappa shape index (κ3) is 6.81. The second kappa shape index (κ2) is 12.1. The van der Waals surface area contributed by atoms with Gasteiger partial charge in [-0.1, -0.05) is 76.2 Å². The maximum Gasteiger partial charge on any atom is 0.698 e. The normalized spacial score (nSPS) is 11.4. The van der Waals surface area contributed by atoms with Crippen molar-refractivity contribution in [3.8, 4) is 0 Å². The van der Waals surface area contributed by atoms with Crippen LogP contribution in [-0.4, -0.2) is 0 Å². The van der Waals surface area contributed by atoms with Crippen molar-refractivity contribution in [3.63, 3.8) is 0 Å². The van der Waals surface area contributed by atoms with Gasteiger partial charge < -0.3 is 0 Å². The Kier molecular flexibility index (Phi) is 9.84. The van der Waals surface area contributed by atoms with Gasteiger partial charge in [0.15, 0.2) is 0 Å². The third-order valence-corrected chi connectivity index (χ3v) is 6.23. The van der Waals surface area contributed by atoms with Crippen LogP contribution in [0.4, 0.5) is 0 Å². The lowest BCUT2D eigenvalue weighted by Crippen LogP contribution is -1.97. The van der Waals surface area contributed by atoms with E-state index in [4.69, 9.17) is 9.05 Å². The Hall–Kier alpha value is -1.54. The predicted molar refractivity (Wildman–Crippen MR) is 117 cm³/mol. The molecule has 0 heterocycles. The maximum absolute atomic E-state index is 12.0. The van der Waals surface area contributed by atoms with Crippen molar-refractivity contribution in [3.05, 3.63) is 70.8 Å². The summed E-state index contributed by atoms with van der Waals surface area (Å²) in [5.74, 6) is 1.21. The van der Waals surface area contributed by atoms with Crippen LogP contribution in [0.2, 0.25) is 0 Å². The minimum Gasteiger partial charge on any atom is -0.114 e. The van der Waals surface area contributed by atoms with Gasteiger partial charge in [0, 0.05) is 4.57 Å². The van der Waals surface area contributed by atoms with Crippen LogP contribution in [0, 0.1) is 0 Å². The van der Waals surface area contributed by atoms with Crippen LogP contribution in [0.5, 0.6) is 0 Å². The molecule has 0 radical (unpaired) electrons. The van der Waals surface area contributed by atoms with Crippen molar-refractivity contribution in [2.45, 2.75) is 78.4 Å². The highest BCUT2D eigenvalue weighted by Gasteiger charge is 2.21. The molecule has 0 aromatic heterocycles. The minimum atomic E-state index is -2.13. The van der Waals surface area contributed by atoms with Crippen LogP contribution in [-0.2, 0) is 26.8 Å². The molecule has 0 fully saturated rings. The molecule has 0 amide bonds. The Morgan fingerprint density at radius 1 is 0.643 bits per heavy atom. The van der Waals surface area contributed by atoms with Crippen LogP contribution in [0.25, 0.3) is 0 Å². The summed E-state index contributed by atoms with van der Waals surface area (Å²) >= 11 is 0. The Balaban J connectivity index is 1.78.